The zero-order valence-electron chi connectivity index (χ0n) is 19.4. The molecular weight excluding hydrogens is 330 g/mol. The summed E-state index contributed by atoms with van der Waals surface area (Å²) in [6, 6.07) is -0.0267. The van der Waals surface area contributed by atoms with Gasteiger partial charge >= 0.3 is 0 Å². The molecule has 0 aromatic rings. The zero-order valence-corrected chi connectivity index (χ0v) is 19.4. The van der Waals surface area contributed by atoms with Crippen LogP contribution in [-0.4, -0.2) is 17.3 Å². The van der Waals surface area contributed by atoms with Gasteiger partial charge in [-0.1, -0.05) is 111 Å². The van der Waals surface area contributed by atoms with Crippen molar-refractivity contribution >= 4 is 0 Å². The second kappa shape index (κ2) is 19.2. The highest BCUT2D eigenvalue weighted by molar-refractivity contribution is 4.81. The fourth-order valence-corrected chi connectivity index (χ4v) is 4.33. The number of aliphatic hydroxyl groups excluding tert-OH is 1. The van der Waals surface area contributed by atoms with E-state index in [1.54, 1.807) is 0 Å². The van der Waals surface area contributed by atoms with Gasteiger partial charge in [0.25, 0.3) is 0 Å². The Hall–Kier alpha value is -0.0800. The Morgan fingerprint density at radius 1 is 0.593 bits per heavy atom. The minimum absolute atomic E-state index is 0.0267. The van der Waals surface area contributed by atoms with Crippen molar-refractivity contribution in [2.75, 3.05) is 0 Å². The number of aliphatic hydroxyl groups is 1. The van der Waals surface area contributed by atoms with Gasteiger partial charge in [-0.25, -0.2) is 0 Å². The van der Waals surface area contributed by atoms with Crippen LogP contribution in [0.5, 0.6) is 0 Å². The maximum Gasteiger partial charge on any atom is 0.0693 e. The van der Waals surface area contributed by atoms with Gasteiger partial charge in [-0.3, -0.25) is 0 Å². The Labute approximate surface area is 172 Å². The van der Waals surface area contributed by atoms with Crippen molar-refractivity contribution in [3.05, 3.63) is 0 Å². The largest absolute Gasteiger partial charge is 0.392 e. The molecule has 0 saturated carbocycles. The quantitative estimate of drug-likeness (QED) is 0.212. The van der Waals surface area contributed by atoms with Crippen LogP contribution in [-0.2, 0) is 0 Å². The zero-order chi connectivity index (χ0) is 20.3. The standard InChI is InChI=1S/C25H53NO/c1-5-9-12-13-14-16-19-23(18-15-10-6-2)25(26)24(27)21-20-22(8-4)17-11-7-3/h22-25,27H,5-21,26H2,1-4H3. The van der Waals surface area contributed by atoms with Crippen molar-refractivity contribution in [1.29, 1.82) is 0 Å². The first-order chi connectivity index (χ1) is 13.1. The summed E-state index contributed by atoms with van der Waals surface area (Å²) in [5, 5.41) is 10.8. The third-order valence-corrected chi connectivity index (χ3v) is 6.51. The number of hydrogen-bond acceptors (Lipinski definition) is 2. The lowest BCUT2D eigenvalue weighted by Crippen LogP contribution is -2.41. The fraction of sp³-hybridized carbons (Fsp3) is 1.00. The highest BCUT2D eigenvalue weighted by Crippen LogP contribution is 2.26. The Balaban J connectivity index is 4.36. The average Bonchev–Trinajstić information content (AvgIpc) is 2.68. The SMILES string of the molecule is CCCCCCCCC(CCCCC)C(N)C(O)CCC(CC)CCCC. The van der Waals surface area contributed by atoms with E-state index in [0.29, 0.717) is 5.92 Å². The molecule has 0 aromatic heterocycles. The molecule has 0 aliphatic heterocycles. The van der Waals surface area contributed by atoms with Gasteiger partial charge in [-0.05, 0) is 37.5 Å². The number of hydrogen-bond donors (Lipinski definition) is 2. The van der Waals surface area contributed by atoms with E-state index in [4.69, 9.17) is 5.73 Å². The first kappa shape index (κ1) is 26.9. The van der Waals surface area contributed by atoms with E-state index in [9.17, 15) is 5.11 Å². The molecule has 3 N–H and O–H groups in total. The summed E-state index contributed by atoms with van der Waals surface area (Å²) in [7, 11) is 0. The summed E-state index contributed by atoms with van der Waals surface area (Å²) in [4.78, 5) is 0. The topological polar surface area (TPSA) is 46.2 Å². The second-order valence-electron chi connectivity index (χ2n) is 8.95. The maximum atomic E-state index is 10.8. The van der Waals surface area contributed by atoms with Crippen LogP contribution in [0.25, 0.3) is 0 Å². The van der Waals surface area contributed by atoms with Gasteiger partial charge in [-0.2, -0.15) is 0 Å². The van der Waals surface area contributed by atoms with E-state index in [1.807, 2.05) is 0 Å². The molecule has 0 rings (SSSR count). The summed E-state index contributed by atoms with van der Waals surface area (Å²) >= 11 is 0. The molecule has 0 spiro atoms. The maximum absolute atomic E-state index is 10.8. The lowest BCUT2D eigenvalue weighted by molar-refractivity contribution is 0.0933. The third kappa shape index (κ3) is 14.6. The average molecular weight is 384 g/mol. The molecule has 2 nitrogen and oxygen atoms in total. The molecule has 2 heteroatoms. The van der Waals surface area contributed by atoms with Crippen LogP contribution in [0.3, 0.4) is 0 Å². The smallest absolute Gasteiger partial charge is 0.0693 e. The highest BCUT2D eigenvalue weighted by atomic mass is 16.3. The van der Waals surface area contributed by atoms with E-state index in [1.165, 1.54) is 96.3 Å². The van der Waals surface area contributed by atoms with Crippen LogP contribution in [0.15, 0.2) is 0 Å². The Morgan fingerprint density at radius 2 is 1.11 bits per heavy atom. The molecule has 0 saturated heterocycles. The molecule has 0 bridgehead atoms. The van der Waals surface area contributed by atoms with E-state index in [0.717, 1.165) is 18.8 Å². The van der Waals surface area contributed by atoms with Crippen molar-refractivity contribution in [2.24, 2.45) is 17.6 Å². The molecule has 0 heterocycles. The Morgan fingerprint density at radius 3 is 1.70 bits per heavy atom. The van der Waals surface area contributed by atoms with Crippen LogP contribution in [0, 0.1) is 11.8 Å². The van der Waals surface area contributed by atoms with E-state index in [2.05, 4.69) is 27.7 Å². The normalized spacial score (nSPS) is 16.2. The minimum atomic E-state index is -0.313. The van der Waals surface area contributed by atoms with E-state index >= 15 is 0 Å². The van der Waals surface area contributed by atoms with Gasteiger partial charge in [0.2, 0.25) is 0 Å². The molecule has 0 amide bonds. The van der Waals surface area contributed by atoms with Gasteiger partial charge in [0.1, 0.15) is 0 Å². The van der Waals surface area contributed by atoms with Crippen LogP contribution in [0.2, 0.25) is 0 Å². The highest BCUT2D eigenvalue weighted by Gasteiger charge is 2.24. The lowest BCUT2D eigenvalue weighted by atomic mass is 9.83. The lowest BCUT2D eigenvalue weighted by Gasteiger charge is -2.29. The Bertz CT molecular complexity index is 294. The fourth-order valence-electron chi connectivity index (χ4n) is 4.33. The van der Waals surface area contributed by atoms with Crippen molar-refractivity contribution in [3.63, 3.8) is 0 Å². The van der Waals surface area contributed by atoms with Gasteiger partial charge in [0, 0.05) is 6.04 Å². The minimum Gasteiger partial charge on any atom is -0.392 e. The molecule has 4 atom stereocenters. The number of nitrogens with two attached hydrogens (primary N) is 1. The van der Waals surface area contributed by atoms with Gasteiger partial charge in [0.05, 0.1) is 6.10 Å². The number of unbranched alkanes of at least 4 members (excludes halogenated alkanes) is 8. The molecule has 4 unspecified atom stereocenters. The third-order valence-electron chi connectivity index (χ3n) is 6.51. The summed E-state index contributed by atoms with van der Waals surface area (Å²) in [5.41, 5.74) is 6.58. The van der Waals surface area contributed by atoms with Crippen molar-refractivity contribution in [2.45, 2.75) is 149 Å². The van der Waals surface area contributed by atoms with Crippen LogP contribution in [0.1, 0.15) is 137 Å². The molecular formula is C25H53NO. The summed E-state index contributed by atoms with van der Waals surface area (Å²) < 4.78 is 0. The number of rotatable bonds is 20. The Kier molecular flexibility index (Phi) is 19.2. The molecule has 0 radical (unpaired) electrons. The molecule has 0 aliphatic carbocycles. The first-order valence-corrected chi connectivity index (χ1v) is 12.5. The monoisotopic (exact) mass is 383 g/mol. The molecule has 0 aliphatic rings. The summed E-state index contributed by atoms with van der Waals surface area (Å²) in [6.07, 6.45) is 21.1. The van der Waals surface area contributed by atoms with Gasteiger partial charge < -0.3 is 10.8 Å². The first-order valence-electron chi connectivity index (χ1n) is 12.5. The molecule has 27 heavy (non-hydrogen) atoms. The molecule has 0 aromatic carbocycles. The van der Waals surface area contributed by atoms with E-state index < -0.39 is 0 Å². The molecule has 0 fully saturated rings. The van der Waals surface area contributed by atoms with Crippen molar-refractivity contribution < 1.29 is 5.11 Å². The summed E-state index contributed by atoms with van der Waals surface area (Å²) in [6.45, 7) is 9.09. The van der Waals surface area contributed by atoms with Gasteiger partial charge in [0.15, 0.2) is 0 Å². The van der Waals surface area contributed by atoms with E-state index in [-0.39, 0.29) is 12.1 Å². The van der Waals surface area contributed by atoms with Crippen LogP contribution >= 0.6 is 0 Å². The van der Waals surface area contributed by atoms with Crippen LogP contribution < -0.4 is 5.73 Å². The predicted octanol–water partition coefficient (Wildman–Crippen LogP) is 7.62. The van der Waals surface area contributed by atoms with Crippen molar-refractivity contribution in [1.82, 2.24) is 0 Å². The second-order valence-corrected chi connectivity index (χ2v) is 8.95. The van der Waals surface area contributed by atoms with Gasteiger partial charge in [-0.15, -0.1) is 0 Å². The predicted molar refractivity (Wildman–Crippen MR) is 122 cm³/mol. The summed E-state index contributed by atoms with van der Waals surface area (Å²) in [5.74, 6) is 1.28. The van der Waals surface area contributed by atoms with Crippen LogP contribution in [0.4, 0.5) is 0 Å². The van der Waals surface area contributed by atoms with Crippen molar-refractivity contribution in [3.8, 4) is 0 Å². The molecule has 164 valence electrons.